The number of nitrogens with zero attached hydrogens (tertiary/aromatic N) is 5. The number of rotatable bonds is 10. The number of fused-ring (bicyclic) bond motifs is 2. The van der Waals surface area contributed by atoms with Gasteiger partial charge in [-0.05, 0) is 73.4 Å². The molecule has 50 heavy (non-hydrogen) atoms. The fourth-order valence-corrected chi connectivity index (χ4v) is 7.41. The van der Waals surface area contributed by atoms with Crippen LogP contribution in [0.1, 0.15) is 30.3 Å². The van der Waals surface area contributed by atoms with E-state index in [-0.39, 0.29) is 67.5 Å². The van der Waals surface area contributed by atoms with Crippen molar-refractivity contribution in [2.75, 3.05) is 4.72 Å². The fraction of sp³-hybridized carbons (Fsp3) is 0.212. The highest BCUT2D eigenvalue weighted by molar-refractivity contribution is 7.93. The Morgan fingerprint density at radius 3 is 2.38 bits per heavy atom. The van der Waals surface area contributed by atoms with Gasteiger partial charge in [0.25, 0.3) is 12.0 Å². The zero-order valence-electron chi connectivity index (χ0n) is 25.6. The Hall–Kier alpha value is -4.93. The second-order valence-electron chi connectivity index (χ2n) is 11.8. The number of aromatic nitrogens is 5. The van der Waals surface area contributed by atoms with Gasteiger partial charge in [0.1, 0.15) is 29.8 Å². The van der Waals surface area contributed by atoms with E-state index in [2.05, 4.69) is 19.8 Å². The lowest BCUT2D eigenvalue weighted by Gasteiger charge is -2.20. The van der Waals surface area contributed by atoms with Crippen LogP contribution in [0.3, 0.4) is 0 Å². The highest BCUT2D eigenvalue weighted by Crippen LogP contribution is 2.38. The number of hydrogen-bond donors (Lipinski definition) is 2. The number of pyridine rings is 1. The lowest BCUT2D eigenvalue weighted by atomic mass is 10.0. The SMILES string of the molecule is NC(Cc1cc(F)cc(F)c1)c1nc2nc(-c3ccccc3F)ccc2c(=O)n1-c1ccc(Cl)c2c(NS(=O)(=O)C3CC3)nn(CC(F)F)c12. The standard InChI is InChI=1S/C33H25ClF5N7O3S/c34-22-8-10-26(29-28(22)31(43-45(29)15-27(38)39)44-50(48,49)19-5-6-19)46-32(24(40)13-16-11-17(35)14-18(36)12-16)42-30-21(33(46)47)7-9-25(41-30)20-3-1-2-4-23(20)37/h1-4,7-12,14,19,24,27H,5-6,13,15,40H2,(H,43,44). The number of sulfonamides is 1. The van der Waals surface area contributed by atoms with E-state index in [1.807, 2.05) is 0 Å². The molecule has 7 rings (SSSR count). The average molecular weight is 730 g/mol. The number of halogens is 6. The van der Waals surface area contributed by atoms with E-state index in [0.29, 0.717) is 18.9 Å². The second-order valence-corrected chi connectivity index (χ2v) is 14.2. The van der Waals surface area contributed by atoms with Gasteiger partial charge in [0.05, 0.1) is 44.0 Å². The molecular weight excluding hydrogens is 705 g/mol. The van der Waals surface area contributed by atoms with Crippen LogP contribution in [0, 0.1) is 17.5 Å². The van der Waals surface area contributed by atoms with Crippen molar-refractivity contribution >= 4 is 49.4 Å². The Kier molecular flexibility index (Phi) is 8.56. The molecule has 0 saturated heterocycles. The van der Waals surface area contributed by atoms with E-state index in [1.54, 1.807) is 6.07 Å². The highest BCUT2D eigenvalue weighted by atomic mass is 35.5. The van der Waals surface area contributed by atoms with Gasteiger partial charge >= 0.3 is 0 Å². The number of hydrogen-bond acceptors (Lipinski definition) is 7. The van der Waals surface area contributed by atoms with E-state index in [1.165, 1.54) is 42.5 Å². The summed E-state index contributed by atoms with van der Waals surface area (Å²) in [6.07, 6.45) is -2.40. The maximum Gasteiger partial charge on any atom is 0.267 e. The molecule has 3 heterocycles. The van der Waals surface area contributed by atoms with Gasteiger partial charge in [0, 0.05) is 11.6 Å². The molecule has 1 unspecified atom stereocenters. The van der Waals surface area contributed by atoms with Gasteiger partial charge in [-0.15, -0.1) is 0 Å². The molecule has 3 aromatic carbocycles. The predicted octanol–water partition coefficient (Wildman–Crippen LogP) is 6.28. The number of nitrogens with two attached hydrogens (primary N) is 1. The first-order valence-corrected chi connectivity index (χ1v) is 17.1. The van der Waals surface area contributed by atoms with E-state index in [0.717, 1.165) is 21.4 Å². The molecule has 1 fully saturated rings. The number of benzene rings is 3. The van der Waals surface area contributed by atoms with Crippen LogP contribution >= 0.6 is 11.6 Å². The van der Waals surface area contributed by atoms with Crippen molar-refractivity contribution < 1.29 is 30.4 Å². The van der Waals surface area contributed by atoms with Crippen LogP contribution < -0.4 is 16.0 Å². The van der Waals surface area contributed by atoms with Gasteiger partial charge in [-0.2, -0.15) is 5.10 Å². The Balaban J connectivity index is 1.50. The first kappa shape index (κ1) is 33.6. The summed E-state index contributed by atoms with van der Waals surface area (Å²) in [7, 11) is -3.94. The minimum Gasteiger partial charge on any atom is -0.321 e. The van der Waals surface area contributed by atoms with Crippen molar-refractivity contribution in [3.8, 4) is 16.9 Å². The number of alkyl halides is 2. The Morgan fingerprint density at radius 2 is 1.70 bits per heavy atom. The van der Waals surface area contributed by atoms with Gasteiger partial charge in [-0.1, -0.05) is 23.7 Å². The third kappa shape index (κ3) is 6.29. The monoisotopic (exact) mass is 729 g/mol. The van der Waals surface area contributed by atoms with Crippen LogP contribution in [-0.4, -0.2) is 44.4 Å². The Morgan fingerprint density at radius 1 is 0.980 bits per heavy atom. The number of nitrogens with one attached hydrogen (secondary N) is 1. The highest BCUT2D eigenvalue weighted by Gasteiger charge is 2.37. The van der Waals surface area contributed by atoms with E-state index >= 15 is 0 Å². The summed E-state index contributed by atoms with van der Waals surface area (Å²) in [5.41, 5.74) is 5.82. The van der Waals surface area contributed by atoms with Crippen molar-refractivity contribution in [1.82, 2.24) is 24.3 Å². The van der Waals surface area contributed by atoms with Gasteiger partial charge in [-0.3, -0.25) is 18.8 Å². The molecule has 1 atom stereocenters. The summed E-state index contributed by atoms with van der Waals surface area (Å²) >= 11 is 6.54. The van der Waals surface area contributed by atoms with Crippen LogP contribution in [0.4, 0.5) is 27.8 Å². The maximum atomic E-state index is 14.7. The van der Waals surface area contributed by atoms with Gasteiger partial charge in [-0.25, -0.2) is 40.3 Å². The third-order valence-corrected chi connectivity index (χ3v) is 10.3. The molecule has 1 aliphatic carbocycles. The van der Waals surface area contributed by atoms with Crippen molar-refractivity contribution in [2.45, 2.75) is 43.5 Å². The topological polar surface area (TPSA) is 138 Å². The van der Waals surface area contributed by atoms with Gasteiger partial charge in [0.15, 0.2) is 11.5 Å². The zero-order valence-corrected chi connectivity index (χ0v) is 27.2. The zero-order chi connectivity index (χ0) is 35.5. The molecule has 10 nitrogen and oxygen atoms in total. The van der Waals surface area contributed by atoms with Crippen LogP contribution in [0.2, 0.25) is 5.02 Å². The Labute approximate surface area is 285 Å². The molecule has 1 saturated carbocycles. The number of anilines is 1. The molecule has 0 aliphatic heterocycles. The lowest BCUT2D eigenvalue weighted by molar-refractivity contribution is 0.123. The minimum atomic E-state index is -3.94. The van der Waals surface area contributed by atoms with Crippen LogP contribution in [0.25, 0.3) is 38.9 Å². The second kappa shape index (κ2) is 12.8. The van der Waals surface area contributed by atoms with Crippen LogP contribution in [-0.2, 0) is 23.0 Å². The molecule has 3 aromatic heterocycles. The first-order chi connectivity index (χ1) is 23.8. The quantitative estimate of drug-likeness (QED) is 0.158. The third-order valence-electron chi connectivity index (χ3n) is 8.19. The van der Waals surface area contributed by atoms with Crippen molar-refractivity contribution in [3.05, 3.63) is 111 Å². The normalized spacial score (nSPS) is 14.2. The van der Waals surface area contributed by atoms with E-state index < -0.39 is 57.3 Å². The molecule has 3 N–H and O–H groups in total. The first-order valence-electron chi connectivity index (χ1n) is 15.2. The van der Waals surface area contributed by atoms with E-state index in [4.69, 9.17) is 17.3 Å². The molecular formula is C33H25ClF5N7O3S. The van der Waals surface area contributed by atoms with Crippen molar-refractivity contribution in [1.29, 1.82) is 0 Å². The van der Waals surface area contributed by atoms with Gasteiger partial charge in [0.2, 0.25) is 10.0 Å². The molecule has 0 spiro atoms. The average Bonchev–Trinajstić information content (AvgIpc) is 3.85. The van der Waals surface area contributed by atoms with E-state index in [9.17, 15) is 35.2 Å². The summed E-state index contributed by atoms with van der Waals surface area (Å²) in [5, 5.41) is 3.25. The molecule has 17 heteroatoms. The summed E-state index contributed by atoms with van der Waals surface area (Å²) < 4.78 is 101. The lowest BCUT2D eigenvalue weighted by Crippen LogP contribution is -2.30. The van der Waals surface area contributed by atoms with Crippen LogP contribution in [0.5, 0.6) is 0 Å². The fourth-order valence-electron chi connectivity index (χ4n) is 5.83. The van der Waals surface area contributed by atoms with Crippen LogP contribution in [0.15, 0.2) is 71.5 Å². The summed E-state index contributed by atoms with van der Waals surface area (Å²) in [6, 6.07) is 12.8. The smallest absolute Gasteiger partial charge is 0.267 e. The molecule has 0 amide bonds. The minimum absolute atomic E-state index is 0.0585. The summed E-state index contributed by atoms with van der Waals surface area (Å²) in [5.74, 6) is -2.86. The Bertz CT molecular complexity index is 2470. The van der Waals surface area contributed by atoms with Crippen molar-refractivity contribution in [2.24, 2.45) is 5.73 Å². The summed E-state index contributed by atoms with van der Waals surface area (Å²) in [6.45, 7) is -1.01. The summed E-state index contributed by atoms with van der Waals surface area (Å²) in [4.78, 5) is 23.4. The molecule has 0 bridgehead atoms. The largest absolute Gasteiger partial charge is 0.321 e. The van der Waals surface area contributed by atoms with Crippen molar-refractivity contribution in [3.63, 3.8) is 0 Å². The predicted molar refractivity (Wildman–Crippen MR) is 177 cm³/mol. The molecule has 0 radical (unpaired) electrons. The maximum absolute atomic E-state index is 14.7. The molecule has 258 valence electrons. The molecule has 6 aromatic rings. The molecule has 1 aliphatic rings. The van der Waals surface area contributed by atoms with Gasteiger partial charge < -0.3 is 5.73 Å².